The Labute approximate surface area is 173 Å². The Hall–Kier alpha value is -2.54. The number of aryl methyl sites for hydroxylation is 1. The van der Waals surface area contributed by atoms with Crippen LogP contribution in [0.1, 0.15) is 44.4 Å². The number of amides is 1. The number of hydrogen-bond acceptors (Lipinski definition) is 4. The molecule has 158 valence electrons. The molecule has 2 aromatic rings. The number of methoxy groups -OCH3 is 1. The van der Waals surface area contributed by atoms with Crippen molar-refractivity contribution in [1.82, 2.24) is 5.32 Å². The number of ether oxygens (including phenoxy) is 1. The molecule has 0 unspecified atom stereocenters. The smallest absolute Gasteiger partial charge is 0.244 e. The fourth-order valence-electron chi connectivity index (χ4n) is 3.24. The summed E-state index contributed by atoms with van der Waals surface area (Å²) in [7, 11) is -2.04. The van der Waals surface area contributed by atoms with Gasteiger partial charge in [0.1, 0.15) is 11.8 Å². The molecule has 29 heavy (non-hydrogen) atoms. The molecule has 0 fully saturated rings. The van der Waals surface area contributed by atoms with Gasteiger partial charge < -0.3 is 10.1 Å². The van der Waals surface area contributed by atoms with E-state index in [1.54, 1.807) is 26.2 Å². The molecule has 0 radical (unpaired) electrons. The van der Waals surface area contributed by atoms with Gasteiger partial charge in [-0.05, 0) is 55.2 Å². The average Bonchev–Trinajstić information content (AvgIpc) is 2.71. The van der Waals surface area contributed by atoms with Crippen LogP contribution in [0, 0.1) is 0 Å². The fraction of sp³-hybridized carbons (Fsp3) is 0.409. The van der Waals surface area contributed by atoms with Crippen molar-refractivity contribution in [2.24, 2.45) is 0 Å². The monoisotopic (exact) mass is 418 g/mol. The highest BCUT2D eigenvalue weighted by molar-refractivity contribution is 7.92. The summed E-state index contributed by atoms with van der Waals surface area (Å²) in [5.41, 5.74) is 2.52. The van der Waals surface area contributed by atoms with Crippen molar-refractivity contribution >= 4 is 21.6 Å². The normalized spacial score (nSPS) is 13.4. The molecule has 0 saturated carbocycles. The Balaban J connectivity index is 2.24. The molecule has 2 aromatic carbocycles. The SMILES string of the molecule is CCc1ccc(N([C@H](C)C(=O)N[C@H](CC)c2ccc(OC)cc2)S(C)(=O)=O)cc1. The first-order chi connectivity index (χ1) is 13.7. The second-order valence-corrected chi connectivity index (χ2v) is 8.86. The molecule has 2 rings (SSSR count). The first-order valence-corrected chi connectivity index (χ1v) is 11.6. The second kappa shape index (κ2) is 9.78. The van der Waals surface area contributed by atoms with Crippen LogP contribution < -0.4 is 14.4 Å². The molecule has 0 aromatic heterocycles. The number of anilines is 1. The van der Waals surface area contributed by atoms with Crippen molar-refractivity contribution in [1.29, 1.82) is 0 Å². The summed E-state index contributed by atoms with van der Waals surface area (Å²) in [6, 6.07) is 13.6. The Morgan fingerprint density at radius 1 is 1.07 bits per heavy atom. The van der Waals surface area contributed by atoms with Gasteiger partial charge in [0, 0.05) is 0 Å². The molecule has 0 aliphatic carbocycles. The summed E-state index contributed by atoms with van der Waals surface area (Å²) < 4.78 is 31.3. The van der Waals surface area contributed by atoms with Gasteiger partial charge in [0.25, 0.3) is 0 Å². The van der Waals surface area contributed by atoms with Crippen LogP contribution in [0.15, 0.2) is 48.5 Å². The van der Waals surface area contributed by atoms with Crippen molar-refractivity contribution in [3.05, 3.63) is 59.7 Å². The number of benzene rings is 2. The van der Waals surface area contributed by atoms with Crippen LogP contribution >= 0.6 is 0 Å². The van der Waals surface area contributed by atoms with Gasteiger partial charge in [0.05, 0.1) is 25.1 Å². The van der Waals surface area contributed by atoms with Crippen molar-refractivity contribution in [2.75, 3.05) is 17.7 Å². The van der Waals surface area contributed by atoms with Crippen LogP contribution in [-0.2, 0) is 21.2 Å². The van der Waals surface area contributed by atoms with Gasteiger partial charge in [-0.1, -0.05) is 38.1 Å². The predicted molar refractivity (Wildman–Crippen MR) is 117 cm³/mol. The lowest BCUT2D eigenvalue weighted by Crippen LogP contribution is -2.48. The molecule has 0 bridgehead atoms. The van der Waals surface area contributed by atoms with Gasteiger partial charge in [0.15, 0.2) is 0 Å². The largest absolute Gasteiger partial charge is 0.497 e. The van der Waals surface area contributed by atoms with Crippen LogP contribution in [0.5, 0.6) is 5.75 Å². The first kappa shape index (κ1) is 22.7. The Bertz CT molecular complexity index is 909. The molecule has 1 N–H and O–H groups in total. The Morgan fingerprint density at radius 3 is 2.10 bits per heavy atom. The molecule has 1 amide bonds. The number of hydrogen-bond donors (Lipinski definition) is 1. The number of sulfonamides is 1. The standard InChI is InChI=1S/C22H30N2O4S/c1-6-17-8-12-19(13-9-17)24(29(5,26)27)16(3)22(25)23-21(7-2)18-10-14-20(28-4)15-11-18/h8-16,21H,6-7H2,1-5H3,(H,23,25)/t16-,21-/m1/s1. The van der Waals surface area contributed by atoms with Crippen LogP contribution in [0.3, 0.4) is 0 Å². The van der Waals surface area contributed by atoms with E-state index in [1.165, 1.54) is 4.31 Å². The fourth-order valence-corrected chi connectivity index (χ4v) is 4.41. The minimum absolute atomic E-state index is 0.222. The van der Waals surface area contributed by atoms with Crippen molar-refractivity contribution in [3.8, 4) is 5.75 Å². The molecule has 0 heterocycles. The Morgan fingerprint density at radius 2 is 1.66 bits per heavy atom. The van der Waals surface area contributed by atoms with Crippen LogP contribution in [0.25, 0.3) is 0 Å². The number of nitrogens with zero attached hydrogens (tertiary/aromatic N) is 1. The zero-order chi connectivity index (χ0) is 21.6. The number of carbonyl (C=O) groups excluding carboxylic acids is 1. The lowest BCUT2D eigenvalue weighted by Gasteiger charge is -2.30. The van der Waals surface area contributed by atoms with E-state index < -0.39 is 16.1 Å². The van der Waals surface area contributed by atoms with E-state index in [2.05, 4.69) is 5.32 Å². The molecule has 0 aliphatic rings. The number of rotatable bonds is 9. The van der Waals surface area contributed by atoms with E-state index in [9.17, 15) is 13.2 Å². The van der Waals surface area contributed by atoms with Crippen LogP contribution in [0.4, 0.5) is 5.69 Å². The summed E-state index contributed by atoms with van der Waals surface area (Å²) in [5.74, 6) is 0.389. The number of nitrogens with one attached hydrogen (secondary N) is 1. The molecular weight excluding hydrogens is 388 g/mol. The van der Waals surface area contributed by atoms with Gasteiger partial charge >= 0.3 is 0 Å². The van der Waals surface area contributed by atoms with Gasteiger partial charge in [0.2, 0.25) is 15.9 Å². The average molecular weight is 419 g/mol. The minimum Gasteiger partial charge on any atom is -0.497 e. The number of carbonyl (C=O) groups is 1. The van der Waals surface area contributed by atoms with E-state index in [0.717, 1.165) is 29.6 Å². The van der Waals surface area contributed by atoms with E-state index >= 15 is 0 Å². The minimum atomic E-state index is -3.64. The maximum atomic E-state index is 13.0. The summed E-state index contributed by atoms with van der Waals surface area (Å²) in [6.07, 6.45) is 2.65. The molecule has 7 heteroatoms. The molecule has 2 atom stereocenters. The molecule has 0 spiro atoms. The van der Waals surface area contributed by atoms with Crippen molar-refractivity contribution in [2.45, 2.75) is 45.7 Å². The van der Waals surface area contributed by atoms with Gasteiger partial charge in [-0.25, -0.2) is 8.42 Å². The van der Waals surface area contributed by atoms with Crippen molar-refractivity contribution < 1.29 is 17.9 Å². The van der Waals surface area contributed by atoms with E-state index in [0.29, 0.717) is 12.1 Å². The predicted octanol–water partition coefficient (Wildman–Crippen LogP) is 3.68. The lowest BCUT2D eigenvalue weighted by molar-refractivity contribution is -0.122. The topological polar surface area (TPSA) is 75.7 Å². The summed E-state index contributed by atoms with van der Waals surface area (Å²) in [5, 5.41) is 2.98. The molecule has 0 saturated heterocycles. The highest BCUT2D eigenvalue weighted by Crippen LogP contribution is 2.24. The quantitative estimate of drug-likeness (QED) is 0.674. The van der Waals surface area contributed by atoms with E-state index in [1.807, 2.05) is 50.2 Å². The molecule has 6 nitrogen and oxygen atoms in total. The third kappa shape index (κ3) is 5.73. The third-order valence-electron chi connectivity index (χ3n) is 4.93. The van der Waals surface area contributed by atoms with Crippen LogP contribution in [-0.4, -0.2) is 33.7 Å². The second-order valence-electron chi connectivity index (χ2n) is 7.00. The zero-order valence-corrected chi connectivity index (χ0v) is 18.5. The molecular formula is C22H30N2O4S. The maximum absolute atomic E-state index is 13.0. The van der Waals surface area contributed by atoms with E-state index in [4.69, 9.17) is 4.74 Å². The van der Waals surface area contributed by atoms with Crippen LogP contribution in [0.2, 0.25) is 0 Å². The zero-order valence-electron chi connectivity index (χ0n) is 17.7. The third-order valence-corrected chi connectivity index (χ3v) is 6.17. The highest BCUT2D eigenvalue weighted by atomic mass is 32.2. The van der Waals surface area contributed by atoms with Gasteiger partial charge in [-0.3, -0.25) is 9.10 Å². The summed E-state index contributed by atoms with van der Waals surface area (Å²) in [4.78, 5) is 13.0. The van der Waals surface area contributed by atoms with Gasteiger partial charge in [-0.15, -0.1) is 0 Å². The van der Waals surface area contributed by atoms with Crippen molar-refractivity contribution in [3.63, 3.8) is 0 Å². The first-order valence-electron chi connectivity index (χ1n) is 9.73. The maximum Gasteiger partial charge on any atom is 0.244 e. The Kier molecular flexibility index (Phi) is 7.67. The highest BCUT2D eigenvalue weighted by Gasteiger charge is 2.30. The summed E-state index contributed by atoms with van der Waals surface area (Å²) in [6.45, 7) is 5.60. The van der Waals surface area contributed by atoms with Gasteiger partial charge in [-0.2, -0.15) is 0 Å². The van der Waals surface area contributed by atoms with E-state index in [-0.39, 0.29) is 11.9 Å². The molecule has 0 aliphatic heterocycles. The lowest BCUT2D eigenvalue weighted by atomic mass is 10.0. The summed E-state index contributed by atoms with van der Waals surface area (Å²) >= 11 is 0.